The number of likely N-dealkylation sites (tertiary alicyclic amines) is 1. The lowest BCUT2D eigenvalue weighted by Crippen LogP contribution is -2.53. The van der Waals surface area contributed by atoms with E-state index < -0.39 is 17.7 Å². The van der Waals surface area contributed by atoms with Crippen LogP contribution >= 0.6 is 11.6 Å². The Hall–Kier alpha value is -3.49. The number of benzene rings is 3. The van der Waals surface area contributed by atoms with Crippen molar-refractivity contribution in [3.8, 4) is 0 Å². The first-order valence-corrected chi connectivity index (χ1v) is 14.5. The lowest BCUT2D eigenvalue weighted by Gasteiger charge is -2.47. The van der Waals surface area contributed by atoms with E-state index in [9.17, 15) is 18.4 Å². The van der Waals surface area contributed by atoms with Crippen LogP contribution in [0.5, 0.6) is 0 Å². The van der Waals surface area contributed by atoms with Gasteiger partial charge in [-0.2, -0.15) is 0 Å². The molecule has 0 spiro atoms. The zero-order valence-corrected chi connectivity index (χ0v) is 25.0. The van der Waals surface area contributed by atoms with Crippen LogP contribution in [-0.2, 0) is 16.9 Å². The van der Waals surface area contributed by atoms with Crippen LogP contribution in [0.4, 0.5) is 13.6 Å². The molecule has 1 heterocycles. The molecule has 6 nitrogen and oxygen atoms in total. The van der Waals surface area contributed by atoms with Gasteiger partial charge in [-0.25, -0.2) is 13.6 Å². The second kappa shape index (κ2) is 13.7. The quantitative estimate of drug-likeness (QED) is 0.319. The van der Waals surface area contributed by atoms with Gasteiger partial charge in [0.05, 0.1) is 12.1 Å². The molecule has 2 amide bonds. The Morgan fingerprint density at radius 3 is 2.21 bits per heavy atom. The third kappa shape index (κ3) is 7.47. The smallest absolute Gasteiger partial charge is 0.407 e. The standard InChI is InChI=1S/C24H28F2N2O.C9H10ClNO2/c1-17(29)27(2)24(20-6-4-3-5-7-20)10-12-28(13-11-24)16-19-14-21(19)18-8-9-22(25)23(26)15-18;1-11(9(12)13)6-7-4-2-3-5-8(7)10/h3-9,15,19,21H,10-14,16H2,1-2H3;2-5H,6H2,1H3,(H,12,13)/t19-,21+;/m0./s1. The van der Waals surface area contributed by atoms with Crippen LogP contribution < -0.4 is 0 Å². The summed E-state index contributed by atoms with van der Waals surface area (Å²) < 4.78 is 26.7. The molecule has 2 aliphatic rings. The highest BCUT2D eigenvalue weighted by Crippen LogP contribution is 2.49. The van der Waals surface area contributed by atoms with Gasteiger partial charge in [-0.15, -0.1) is 0 Å². The van der Waals surface area contributed by atoms with Crippen molar-refractivity contribution in [1.29, 1.82) is 0 Å². The summed E-state index contributed by atoms with van der Waals surface area (Å²) in [7, 11) is 3.41. The first-order valence-electron chi connectivity index (χ1n) is 14.2. The molecule has 0 bridgehead atoms. The minimum Gasteiger partial charge on any atom is -0.465 e. The average molecular weight is 598 g/mol. The highest BCUT2D eigenvalue weighted by molar-refractivity contribution is 6.31. The first-order chi connectivity index (χ1) is 20.0. The number of halogens is 3. The zero-order chi connectivity index (χ0) is 30.4. The molecule has 3 aromatic carbocycles. The number of carbonyl (C=O) groups is 2. The third-order valence-corrected chi connectivity index (χ3v) is 8.96. The topological polar surface area (TPSA) is 64.1 Å². The van der Waals surface area contributed by atoms with Crippen molar-refractivity contribution in [2.75, 3.05) is 33.7 Å². The lowest BCUT2D eigenvalue weighted by atomic mass is 9.79. The molecule has 1 saturated heterocycles. The predicted octanol–water partition coefficient (Wildman–Crippen LogP) is 6.99. The molecule has 3 aromatic rings. The molecule has 1 saturated carbocycles. The molecule has 2 atom stereocenters. The van der Waals surface area contributed by atoms with Gasteiger partial charge in [0.25, 0.3) is 0 Å². The number of carbonyl (C=O) groups excluding carboxylic acids is 1. The molecule has 224 valence electrons. The van der Waals surface area contributed by atoms with E-state index in [0.29, 0.717) is 23.4 Å². The van der Waals surface area contributed by atoms with Gasteiger partial charge in [0, 0.05) is 45.7 Å². The van der Waals surface area contributed by atoms with Crippen molar-refractivity contribution in [1.82, 2.24) is 14.7 Å². The van der Waals surface area contributed by atoms with E-state index in [-0.39, 0.29) is 11.4 Å². The van der Waals surface area contributed by atoms with E-state index in [1.54, 1.807) is 19.1 Å². The maximum absolute atomic E-state index is 13.5. The predicted molar refractivity (Wildman–Crippen MR) is 160 cm³/mol. The Morgan fingerprint density at radius 1 is 0.976 bits per heavy atom. The molecular formula is C33H38ClF2N3O3. The molecule has 0 unspecified atom stereocenters. The highest BCUT2D eigenvalue weighted by Gasteiger charge is 2.44. The van der Waals surface area contributed by atoms with E-state index in [2.05, 4.69) is 17.0 Å². The van der Waals surface area contributed by atoms with Crippen LogP contribution in [0, 0.1) is 17.6 Å². The normalized spacial score (nSPS) is 19.3. The van der Waals surface area contributed by atoms with Crippen LogP contribution in [0.15, 0.2) is 72.8 Å². The van der Waals surface area contributed by atoms with Gasteiger partial charge in [0.2, 0.25) is 5.91 Å². The maximum atomic E-state index is 13.5. The average Bonchev–Trinajstić information content (AvgIpc) is 3.75. The Balaban J connectivity index is 0.000000262. The van der Waals surface area contributed by atoms with Crippen molar-refractivity contribution in [3.05, 3.63) is 106 Å². The van der Waals surface area contributed by atoms with Gasteiger partial charge in [0.1, 0.15) is 0 Å². The molecular weight excluding hydrogens is 560 g/mol. The lowest BCUT2D eigenvalue weighted by molar-refractivity contribution is -0.136. The van der Waals surface area contributed by atoms with E-state index >= 15 is 0 Å². The molecule has 1 N–H and O–H groups in total. The summed E-state index contributed by atoms with van der Waals surface area (Å²) in [4.78, 5) is 28.2. The fraction of sp³-hybridized carbons (Fsp3) is 0.394. The van der Waals surface area contributed by atoms with Crippen LogP contribution in [0.2, 0.25) is 5.02 Å². The van der Waals surface area contributed by atoms with Gasteiger partial charge in [-0.1, -0.05) is 66.2 Å². The number of amides is 2. The van der Waals surface area contributed by atoms with Gasteiger partial charge in [0.15, 0.2) is 11.6 Å². The monoisotopic (exact) mass is 597 g/mol. The van der Waals surface area contributed by atoms with Gasteiger partial charge in [-0.05, 0) is 66.0 Å². The van der Waals surface area contributed by atoms with Gasteiger partial charge >= 0.3 is 6.09 Å². The van der Waals surface area contributed by atoms with Crippen molar-refractivity contribution < 1.29 is 23.5 Å². The Bertz CT molecular complexity index is 1380. The van der Waals surface area contributed by atoms with E-state index in [1.165, 1.54) is 29.6 Å². The van der Waals surface area contributed by atoms with E-state index in [0.717, 1.165) is 50.0 Å². The molecule has 0 aromatic heterocycles. The van der Waals surface area contributed by atoms with Crippen LogP contribution in [0.3, 0.4) is 0 Å². The number of hydrogen-bond donors (Lipinski definition) is 1. The molecule has 5 rings (SSSR count). The minimum atomic E-state index is -0.958. The Labute approximate surface area is 251 Å². The summed E-state index contributed by atoms with van der Waals surface area (Å²) in [6.07, 6.45) is 1.87. The second-order valence-electron chi connectivity index (χ2n) is 11.3. The van der Waals surface area contributed by atoms with E-state index in [4.69, 9.17) is 16.7 Å². The van der Waals surface area contributed by atoms with Crippen molar-refractivity contribution in [2.45, 2.75) is 44.2 Å². The molecule has 1 aliphatic carbocycles. The van der Waals surface area contributed by atoms with Crippen molar-refractivity contribution in [3.63, 3.8) is 0 Å². The molecule has 42 heavy (non-hydrogen) atoms. The largest absolute Gasteiger partial charge is 0.465 e. The number of carboxylic acid groups (broad SMARTS) is 1. The first kappa shape index (κ1) is 31.4. The van der Waals surface area contributed by atoms with Crippen LogP contribution in [0.25, 0.3) is 0 Å². The summed E-state index contributed by atoms with van der Waals surface area (Å²) >= 11 is 5.85. The molecule has 0 radical (unpaired) electrons. The Morgan fingerprint density at radius 2 is 1.62 bits per heavy atom. The SMILES string of the molecule is CC(=O)N(C)C1(c2ccccc2)CCN(C[C@@H]2C[C@@H]2c2ccc(F)c(F)c2)CC1.CN(Cc1ccccc1Cl)C(=O)O. The van der Waals surface area contributed by atoms with Crippen molar-refractivity contribution >= 4 is 23.6 Å². The molecule has 9 heteroatoms. The summed E-state index contributed by atoms with van der Waals surface area (Å²) in [5.41, 5.74) is 2.66. The summed E-state index contributed by atoms with van der Waals surface area (Å²) in [5, 5.41) is 9.21. The van der Waals surface area contributed by atoms with Gasteiger partial charge < -0.3 is 19.8 Å². The van der Waals surface area contributed by atoms with E-state index in [1.807, 2.05) is 48.3 Å². The second-order valence-corrected chi connectivity index (χ2v) is 11.7. The molecule has 2 fully saturated rings. The maximum Gasteiger partial charge on any atom is 0.407 e. The zero-order valence-electron chi connectivity index (χ0n) is 24.3. The Kier molecular flexibility index (Phi) is 10.2. The van der Waals surface area contributed by atoms with Crippen LogP contribution in [0.1, 0.15) is 48.8 Å². The number of nitrogens with zero attached hydrogens (tertiary/aromatic N) is 3. The number of hydrogen-bond acceptors (Lipinski definition) is 3. The number of piperidine rings is 1. The number of rotatable bonds is 7. The molecule has 1 aliphatic heterocycles. The van der Waals surface area contributed by atoms with Crippen molar-refractivity contribution in [2.24, 2.45) is 5.92 Å². The summed E-state index contributed by atoms with van der Waals surface area (Å²) in [5.74, 6) is -0.636. The summed E-state index contributed by atoms with van der Waals surface area (Å²) in [6, 6.07) is 21.8. The minimum absolute atomic E-state index is 0.0860. The highest BCUT2D eigenvalue weighted by atomic mass is 35.5. The fourth-order valence-electron chi connectivity index (χ4n) is 5.86. The fourth-order valence-corrected chi connectivity index (χ4v) is 6.05. The summed E-state index contributed by atoms with van der Waals surface area (Å²) in [6.45, 7) is 4.77. The third-order valence-electron chi connectivity index (χ3n) is 8.59. The van der Waals surface area contributed by atoms with Gasteiger partial charge in [-0.3, -0.25) is 4.79 Å². The van der Waals surface area contributed by atoms with Crippen LogP contribution in [-0.4, -0.2) is 65.5 Å².